The van der Waals surface area contributed by atoms with Crippen molar-refractivity contribution in [2.75, 3.05) is 11.4 Å². The van der Waals surface area contributed by atoms with Crippen LogP contribution < -0.4 is 4.90 Å². The van der Waals surface area contributed by atoms with E-state index in [0.29, 0.717) is 11.9 Å². The van der Waals surface area contributed by atoms with Gasteiger partial charge in [0, 0.05) is 30.5 Å². The van der Waals surface area contributed by atoms with Gasteiger partial charge in [-0.25, -0.2) is 9.97 Å². The van der Waals surface area contributed by atoms with Crippen molar-refractivity contribution in [1.29, 1.82) is 0 Å². The van der Waals surface area contributed by atoms with Gasteiger partial charge in [-0.3, -0.25) is 0 Å². The van der Waals surface area contributed by atoms with Gasteiger partial charge in [0.15, 0.2) is 0 Å². The molecule has 0 N–H and O–H groups in total. The van der Waals surface area contributed by atoms with E-state index in [1.807, 2.05) is 0 Å². The largest absolute Gasteiger partial charge is 0.338 e. The Bertz CT molecular complexity index is 286. The molecule has 0 saturated heterocycles. The first-order valence-electron chi connectivity index (χ1n) is 5.36. The number of aromatic nitrogens is 2. The van der Waals surface area contributed by atoms with E-state index in [1.165, 1.54) is 0 Å². The van der Waals surface area contributed by atoms with Crippen LogP contribution in [0, 0.1) is 0 Å². The Balaban J connectivity index is 2.83. The Kier molecular flexibility index (Phi) is 4.82. The van der Waals surface area contributed by atoms with Crippen molar-refractivity contribution in [2.45, 2.75) is 39.1 Å². The number of rotatable bonds is 5. The van der Waals surface area contributed by atoms with Crippen molar-refractivity contribution in [3.63, 3.8) is 0 Å². The van der Waals surface area contributed by atoms with E-state index < -0.39 is 0 Å². The number of halogens is 1. The number of alkyl halides is 1. The topological polar surface area (TPSA) is 29.0 Å². The minimum absolute atomic E-state index is 0.468. The number of hydrogen-bond donors (Lipinski definition) is 0. The van der Waals surface area contributed by atoms with Crippen LogP contribution in [0.3, 0.4) is 0 Å². The molecule has 0 bridgehead atoms. The molecule has 4 heteroatoms. The third-order valence-electron chi connectivity index (χ3n) is 2.57. The van der Waals surface area contributed by atoms with Crippen molar-refractivity contribution in [3.8, 4) is 0 Å². The first kappa shape index (κ1) is 12.2. The minimum Gasteiger partial charge on any atom is -0.338 e. The van der Waals surface area contributed by atoms with Gasteiger partial charge in [0.25, 0.3) is 0 Å². The molecule has 1 rings (SSSR count). The average molecular weight is 228 g/mol. The maximum absolute atomic E-state index is 5.69. The van der Waals surface area contributed by atoms with Crippen molar-refractivity contribution >= 4 is 17.5 Å². The van der Waals surface area contributed by atoms with Crippen LogP contribution in [0.4, 0.5) is 5.95 Å². The summed E-state index contributed by atoms with van der Waals surface area (Å²) < 4.78 is 0. The third-order valence-corrected chi connectivity index (χ3v) is 2.88. The van der Waals surface area contributed by atoms with Crippen molar-refractivity contribution in [3.05, 3.63) is 18.0 Å². The fourth-order valence-electron chi connectivity index (χ4n) is 1.44. The first-order valence-corrected chi connectivity index (χ1v) is 5.89. The van der Waals surface area contributed by atoms with Gasteiger partial charge >= 0.3 is 0 Å². The highest BCUT2D eigenvalue weighted by Crippen LogP contribution is 2.13. The Labute approximate surface area is 96.5 Å². The van der Waals surface area contributed by atoms with Crippen molar-refractivity contribution < 1.29 is 0 Å². The van der Waals surface area contributed by atoms with Crippen LogP contribution in [0.2, 0.25) is 0 Å². The molecule has 0 aliphatic carbocycles. The maximum Gasteiger partial charge on any atom is 0.225 e. The molecule has 1 aromatic heterocycles. The summed E-state index contributed by atoms with van der Waals surface area (Å²) >= 11 is 5.69. The van der Waals surface area contributed by atoms with Gasteiger partial charge in [0.2, 0.25) is 5.95 Å². The second kappa shape index (κ2) is 5.91. The summed E-state index contributed by atoms with van der Waals surface area (Å²) in [4.78, 5) is 10.8. The predicted molar refractivity (Wildman–Crippen MR) is 64.4 cm³/mol. The molecule has 0 aliphatic rings. The van der Waals surface area contributed by atoms with Gasteiger partial charge < -0.3 is 4.90 Å². The Hall–Kier alpha value is -0.830. The molecule has 84 valence electrons. The van der Waals surface area contributed by atoms with E-state index in [-0.39, 0.29) is 0 Å². The molecule has 1 aromatic rings. The standard InChI is InChI=1S/C11H18ClN3/c1-4-9(3)15(5-2)11-13-7-10(6-12)8-14-11/h7-9H,4-6H2,1-3H3. The zero-order valence-corrected chi connectivity index (χ0v) is 10.3. The van der Waals surface area contributed by atoms with Crippen molar-refractivity contribution in [2.24, 2.45) is 0 Å². The van der Waals surface area contributed by atoms with Gasteiger partial charge in [-0.05, 0) is 20.3 Å². The Morgan fingerprint density at radius 3 is 2.33 bits per heavy atom. The summed E-state index contributed by atoms with van der Waals surface area (Å²) in [6.45, 7) is 7.39. The number of nitrogens with zero attached hydrogens (tertiary/aromatic N) is 3. The van der Waals surface area contributed by atoms with E-state index in [4.69, 9.17) is 11.6 Å². The smallest absolute Gasteiger partial charge is 0.225 e. The zero-order valence-electron chi connectivity index (χ0n) is 9.57. The fourth-order valence-corrected chi connectivity index (χ4v) is 1.57. The van der Waals surface area contributed by atoms with Gasteiger partial charge in [0.05, 0.1) is 5.88 Å². The molecule has 0 saturated carbocycles. The molecule has 1 heterocycles. The van der Waals surface area contributed by atoms with Gasteiger partial charge in [-0.2, -0.15) is 0 Å². The third kappa shape index (κ3) is 3.06. The summed E-state index contributed by atoms with van der Waals surface area (Å²) in [7, 11) is 0. The molecular formula is C11H18ClN3. The van der Waals surface area contributed by atoms with Crippen LogP contribution in [-0.4, -0.2) is 22.6 Å². The molecule has 1 atom stereocenters. The molecule has 0 amide bonds. The van der Waals surface area contributed by atoms with Crippen LogP contribution in [0.25, 0.3) is 0 Å². The van der Waals surface area contributed by atoms with Crippen LogP contribution in [0.5, 0.6) is 0 Å². The molecule has 0 aliphatic heterocycles. The highest BCUT2D eigenvalue weighted by Gasteiger charge is 2.12. The first-order chi connectivity index (χ1) is 7.22. The monoisotopic (exact) mass is 227 g/mol. The van der Waals surface area contributed by atoms with E-state index in [2.05, 4.69) is 35.6 Å². The highest BCUT2D eigenvalue weighted by atomic mass is 35.5. The molecule has 15 heavy (non-hydrogen) atoms. The Morgan fingerprint density at radius 2 is 1.93 bits per heavy atom. The normalized spacial score (nSPS) is 12.5. The van der Waals surface area contributed by atoms with Gasteiger partial charge in [-0.15, -0.1) is 11.6 Å². The molecule has 0 spiro atoms. The lowest BCUT2D eigenvalue weighted by Gasteiger charge is -2.26. The second-order valence-corrected chi connectivity index (χ2v) is 3.84. The van der Waals surface area contributed by atoms with Gasteiger partial charge in [0.1, 0.15) is 0 Å². The SMILES string of the molecule is CCC(C)N(CC)c1ncc(CCl)cn1. The molecule has 1 unspecified atom stereocenters. The van der Waals surface area contributed by atoms with Crippen LogP contribution >= 0.6 is 11.6 Å². The Morgan fingerprint density at radius 1 is 1.33 bits per heavy atom. The number of hydrogen-bond acceptors (Lipinski definition) is 3. The summed E-state index contributed by atoms with van der Waals surface area (Å²) in [5, 5.41) is 0. The van der Waals surface area contributed by atoms with E-state index in [1.54, 1.807) is 12.4 Å². The molecular weight excluding hydrogens is 210 g/mol. The van der Waals surface area contributed by atoms with Crippen LogP contribution in [0.15, 0.2) is 12.4 Å². The minimum atomic E-state index is 0.468. The average Bonchev–Trinajstić information content (AvgIpc) is 2.30. The molecule has 0 aromatic carbocycles. The van der Waals surface area contributed by atoms with Gasteiger partial charge in [-0.1, -0.05) is 6.92 Å². The summed E-state index contributed by atoms with van der Waals surface area (Å²) in [5.74, 6) is 1.26. The molecule has 0 radical (unpaired) electrons. The van der Waals surface area contributed by atoms with E-state index in [0.717, 1.165) is 24.5 Å². The lowest BCUT2D eigenvalue weighted by atomic mass is 10.2. The second-order valence-electron chi connectivity index (χ2n) is 3.57. The highest BCUT2D eigenvalue weighted by molar-refractivity contribution is 6.17. The zero-order chi connectivity index (χ0) is 11.3. The lowest BCUT2D eigenvalue weighted by molar-refractivity contribution is 0.614. The van der Waals surface area contributed by atoms with Crippen molar-refractivity contribution in [1.82, 2.24) is 9.97 Å². The molecule has 0 fully saturated rings. The number of anilines is 1. The summed E-state index contributed by atoms with van der Waals surface area (Å²) in [5.41, 5.74) is 0.959. The quantitative estimate of drug-likeness (QED) is 0.725. The van der Waals surface area contributed by atoms with E-state index in [9.17, 15) is 0 Å². The van der Waals surface area contributed by atoms with E-state index >= 15 is 0 Å². The predicted octanol–water partition coefficient (Wildman–Crippen LogP) is 2.84. The summed E-state index contributed by atoms with van der Waals surface area (Å²) in [6.07, 6.45) is 4.68. The molecule has 3 nitrogen and oxygen atoms in total. The fraction of sp³-hybridized carbons (Fsp3) is 0.636. The lowest BCUT2D eigenvalue weighted by Crippen LogP contribution is -2.33. The van der Waals surface area contributed by atoms with Crippen LogP contribution in [-0.2, 0) is 5.88 Å². The maximum atomic E-state index is 5.69. The summed E-state index contributed by atoms with van der Waals surface area (Å²) in [6, 6.07) is 0.469. The van der Waals surface area contributed by atoms with Crippen LogP contribution in [0.1, 0.15) is 32.8 Å².